The summed E-state index contributed by atoms with van der Waals surface area (Å²) in [6, 6.07) is 12.4. The lowest BCUT2D eigenvalue weighted by Crippen LogP contribution is -2.18. The summed E-state index contributed by atoms with van der Waals surface area (Å²) in [6.07, 6.45) is -4.71. The summed E-state index contributed by atoms with van der Waals surface area (Å²) in [5.74, 6) is -0.275. The number of rotatable bonds is 3. The SMILES string of the molecule is NC(c1ccc(Br)cc1)c1cccc(OC(F)(F)F)c1. The maximum Gasteiger partial charge on any atom is 0.573 e. The maximum atomic E-state index is 12.2. The van der Waals surface area contributed by atoms with Crippen LogP contribution in [0.4, 0.5) is 13.2 Å². The van der Waals surface area contributed by atoms with Gasteiger partial charge >= 0.3 is 6.36 Å². The zero-order valence-corrected chi connectivity index (χ0v) is 11.8. The van der Waals surface area contributed by atoms with Gasteiger partial charge in [0.15, 0.2) is 0 Å². The van der Waals surface area contributed by atoms with Gasteiger partial charge in [-0.3, -0.25) is 0 Å². The average Bonchev–Trinajstić information content (AvgIpc) is 2.37. The van der Waals surface area contributed by atoms with E-state index in [0.29, 0.717) is 5.56 Å². The third-order valence-corrected chi connectivity index (χ3v) is 3.21. The van der Waals surface area contributed by atoms with E-state index in [1.807, 2.05) is 24.3 Å². The van der Waals surface area contributed by atoms with Crippen molar-refractivity contribution >= 4 is 15.9 Å². The molecule has 0 radical (unpaired) electrons. The number of hydrogen-bond donors (Lipinski definition) is 1. The highest BCUT2D eigenvalue weighted by Gasteiger charge is 2.31. The molecule has 0 aliphatic heterocycles. The molecule has 0 aliphatic carbocycles. The second-order valence-electron chi connectivity index (χ2n) is 4.15. The number of halogens is 4. The number of alkyl halides is 3. The Morgan fingerprint density at radius 2 is 1.65 bits per heavy atom. The van der Waals surface area contributed by atoms with Crippen LogP contribution in [0.2, 0.25) is 0 Å². The zero-order valence-electron chi connectivity index (χ0n) is 10.2. The Labute approximate surface area is 122 Å². The van der Waals surface area contributed by atoms with Crippen molar-refractivity contribution in [1.29, 1.82) is 0 Å². The van der Waals surface area contributed by atoms with Crippen LogP contribution < -0.4 is 10.5 Å². The van der Waals surface area contributed by atoms with Gasteiger partial charge in [-0.2, -0.15) is 0 Å². The molecule has 0 amide bonds. The van der Waals surface area contributed by atoms with Crippen LogP contribution in [0.25, 0.3) is 0 Å². The second-order valence-corrected chi connectivity index (χ2v) is 5.07. The van der Waals surface area contributed by atoms with E-state index in [1.165, 1.54) is 18.2 Å². The highest BCUT2D eigenvalue weighted by atomic mass is 79.9. The molecule has 0 aromatic heterocycles. The molecule has 6 heteroatoms. The standard InChI is InChI=1S/C14H11BrF3NO/c15-11-6-4-9(5-7-11)13(19)10-2-1-3-12(8-10)20-14(16,17)18/h1-8,13H,19H2. The molecule has 0 fully saturated rings. The second kappa shape index (κ2) is 5.85. The summed E-state index contributed by atoms with van der Waals surface area (Å²) in [5, 5.41) is 0. The van der Waals surface area contributed by atoms with Crippen molar-refractivity contribution in [3.05, 3.63) is 64.1 Å². The van der Waals surface area contributed by atoms with Gasteiger partial charge in [-0.15, -0.1) is 13.2 Å². The molecule has 2 rings (SSSR count). The van der Waals surface area contributed by atoms with E-state index in [1.54, 1.807) is 6.07 Å². The van der Waals surface area contributed by atoms with E-state index in [9.17, 15) is 13.2 Å². The van der Waals surface area contributed by atoms with E-state index in [2.05, 4.69) is 20.7 Å². The van der Waals surface area contributed by atoms with Gasteiger partial charge in [0, 0.05) is 4.47 Å². The summed E-state index contributed by atoms with van der Waals surface area (Å²) < 4.78 is 41.3. The number of benzene rings is 2. The van der Waals surface area contributed by atoms with Gasteiger partial charge in [0.2, 0.25) is 0 Å². The molecule has 0 saturated carbocycles. The third-order valence-electron chi connectivity index (χ3n) is 2.68. The van der Waals surface area contributed by atoms with Gasteiger partial charge in [-0.1, -0.05) is 40.2 Å². The van der Waals surface area contributed by atoms with E-state index >= 15 is 0 Å². The summed E-state index contributed by atoms with van der Waals surface area (Å²) in [4.78, 5) is 0. The van der Waals surface area contributed by atoms with Crippen LogP contribution in [0.5, 0.6) is 5.75 Å². The van der Waals surface area contributed by atoms with Crippen molar-refractivity contribution in [2.75, 3.05) is 0 Å². The first kappa shape index (κ1) is 14.9. The molecule has 0 spiro atoms. The quantitative estimate of drug-likeness (QED) is 0.894. The molecule has 1 atom stereocenters. The highest BCUT2D eigenvalue weighted by Crippen LogP contribution is 2.27. The minimum absolute atomic E-state index is 0.275. The van der Waals surface area contributed by atoms with Crippen LogP contribution in [0, 0.1) is 0 Å². The molecule has 106 valence electrons. The Balaban J connectivity index is 2.24. The fourth-order valence-corrected chi connectivity index (χ4v) is 2.03. The molecular weight excluding hydrogens is 335 g/mol. The average molecular weight is 346 g/mol. The molecule has 0 heterocycles. The maximum absolute atomic E-state index is 12.2. The van der Waals surface area contributed by atoms with E-state index in [-0.39, 0.29) is 5.75 Å². The normalized spacial score (nSPS) is 13.1. The Kier molecular flexibility index (Phi) is 4.35. The monoisotopic (exact) mass is 345 g/mol. The highest BCUT2D eigenvalue weighted by molar-refractivity contribution is 9.10. The molecule has 0 aliphatic rings. The first-order chi connectivity index (χ1) is 9.35. The van der Waals surface area contributed by atoms with Crippen molar-refractivity contribution in [2.24, 2.45) is 5.73 Å². The van der Waals surface area contributed by atoms with Crippen LogP contribution in [0.3, 0.4) is 0 Å². The lowest BCUT2D eigenvalue weighted by molar-refractivity contribution is -0.274. The zero-order chi connectivity index (χ0) is 14.8. The van der Waals surface area contributed by atoms with Crippen LogP contribution in [0.15, 0.2) is 53.0 Å². The van der Waals surface area contributed by atoms with Crippen molar-refractivity contribution in [3.63, 3.8) is 0 Å². The van der Waals surface area contributed by atoms with Crippen molar-refractivity contribution in [3.8, 4) is 5.75 Å². The minimum atomic E-state index is -4.71. The first-order valence-electron chi connectivity index (χ1n) is 5.72. The van der Waals surface area contributed by atoms with E-state index < -0.39 is 12.4 Å². The number of nitrogens with two attached hydrogens (primary N) is 1. The molecular formula is C14H11BrF3NO. The smallest absolute Gasteiger partial charge is 0.406 e. The Bertz CT molecular complexity index is 584. The lowest BCUT2D eigenvalue weighted by Gasteiger charge is -2.15. The van der Waals surface area contributed by atoms with Crippen molar-refractivity contribution < 1.29 is 17.9 Å². The molecule has 0 bridgehead atoms. The van der Waals surface area contributed by atoms with Gasteiger partial charge in [0.05, 0.1) is 6.04 Å². The van der Waals surface area contributed by atoms with Gasteiger partial charge in [-0.25, -0.2) is 0 Å². The largest absolute Gasteiger partial charge is 0.573 e. The third kappa shape index (κ3) is 3.98. The molecule has 2 nitrogen and oxygen atoms in total. The lowest BCUT2D eigenvalue weighted by atomic mass is 10.00. The van der Waals surface area contributed by atoms with Crippen molar-refractivity contribution in [2.45, 2.75) is 12.4 Å². The fraction of sp³-hybridized carbons (Fsp3) is 0.143. The number of ether oxygens (including phenoxy) is 1. The van der Waals surface area contributed by atoms with E-state index in [0.717, 1.165) is 10.0 Å². The van der Waals surface area contributed by atoms with Crippen LogP contribution in [0.1, 0.15) is 17.2 Å². The van der Waals surface area contributed by atoms with Gasteiger partial charge in [-0.05, 0) is 35.4 Å². The molecule has 2 aromatic rings. The molecule has 2 N–H and O–H groups in total. The summed E-state index contributed by atoms with van der Waals surface area (Å²) in [6.45, 7) is 0. The predicted octanol–water partition coefficient (Wildman–Crippen LogP) is 4.40. The van der Waals surface area contributed by atoms with Crippen molar-refractivity contribution in [1.82, 2.24) is 0 Å². The molecule has 2 aromatic carbocycles. The Hall–Kier alpha value is -1.53. The van der Waals surface area contributed by atoms with Crippen LogP contribution >= 0.6 is 15.9 Å². The van der Waals surface area contributed by atoms with Crippen LogP contribution in [-0.2, 0) is 0 Å². The van der Waals surface area contributed by atoms with Crippen LogP contribution in [-0.4, -0.2) is 6.36 Å². The molecule has 20 heavy (non-hydrogen) atoms. The fourth-order valence-electron chi connectivity index (χ4n) is 1.77. The topological polar surface area (TPSA) is 35.2 Å². The number of hydrogen-bond acceptors (Lipinski definition) is 2. The van der Waals surface area contributed by atoms with Gasteiger partial charge in [0.1, 0.15) is 5.75 Å². The Morgan fingerprint density at radius 3 is 2.25 bits per heavy atom. The molecule has 1 unspecified atom stereocenters. The minimum Gasteiger partial charge on any atom is -0.406 e. The van der Waals surface area contributed by atoms with E-state index in [4.69, 9.17) is 5.73 Å². The van der Waals surface area contributed by atoms with Gasteiger partial charge < -0.3 is 10.5 Å². The summed E-state index contributed by atoms with van der Waals surface area (Å²) in [5.41, 5.74) is 7.40. The first-order valence-corrected chi connectivity index (χ1v) is 6.51. The molecule has 0 saturated heterocycles. The van der Waals surface area contributed by atoms with Gasteiger partial charge in [0.25, 0.3) is 0 Å². The summed E-state index contributed by atoms with van der Waals surface area (Å²) >= 11 is 3.31. The predicted molar refractivity (Wildman–Crippen MR) is 73.3 cm³/mol. The summed E-state index contributed by atoms with van der Waals surface area (Å²) in [7, 11) is 0. The Morgan fingerprint density at radius 1 is 1.00 bits per heavy atom.